The summed E-state index contributed by atoms with van der Waals surface area (Å²) < 4.78 is 29.6. The van der Waals surface area contributed by atoms with Crippen LogP contribution in [-0.2, 0) is 14.6 Å². The molecule has 1 aliphatic rings. The van der Waals surface area contributed by atoms with Gasteiger partial charge in [0.2, 0.25) is 5.91 Å². The summed E-state index contributed by atoms with van der Waals surface area (Å²) in [6.07, 6.45) is 1.01. The smallest absolute Gasteiger partial charge is 0.262 e. The molecule has 9 nitrogen and oxygen atoms in total. The molecular formula is C21H22N2O7S. The van der Waals surface area contributed by atoms with Crippen LogP contribution in [0.4, 0.5) is 5.69 Å². The molecule has 0 saturated heterocycles. The molecule has 0 spiro atoms. The monoisotopic (exact) mass is 446 g/mol. The summed E-state index contributed by atoms with van der Waals surface area (Å²) in [4.78, 5) is 38.4. The third kappa shape index (κ3) is 4.69. The van der Waals surface area contributed by atoms with E-state index < -0.39 is 33.4 Å². The molecule has 0 radical (unpaired) electrons. The molecule has 3 amide bonds. The van der Waals surface area contributed by atoms with Gasteiger partial charge in [0.25, 0.3) is 11.8 Å². The largest absolute Gasteiger partial charge is 0.504 e. The second kappa shape index (κ2) is 8.38. The van der Waals surface area contributed by atoms with E-state index in [1.165, 1.54) is 43.3 Å². The van der Waals surface area contributed by atoms with Gasteiger partial charge in [-0.1, -0.05) is 6.07 Å². The van der Waals surface area contributed by atoms with Crippen molar-refractivity contribution in [3.05, 3.63) is 53.1 Å². The summed E-state index contributed by atoms with van der Waals surface area (Å²) >= 11 is 0. The molecule has 164 valence electrons. The molecule has 1 aliphatic heterocycles. The average molecular weight is 446 g/mol. The van der Waals surface area contributed by atoms with Crippen molar-refractivity contribution in [2.24, 2.45) is 0 Å². The van der Waals surface area contributed by atoms with E-state index in [0.717, 1.165) is 11.2 Å². The molecule has 1 unspecified atom stereocenters. The van der Waals surface area contributed by atoms with E-state index in [9.17, 15) is 27.9 Å². The molecule has 0 fully saturated rings. The van der Waals surface area contributed by atoms with Crippen molar-refractivity contribution in [2.75, 3.05) is 23.9 Å². The van der Waals surface area contributed by atoms with E-state index in [1.807, 2.05) is 0 Å². The summed E-state index contributed by atoms with van der Waals surface area (Å²) in [5, 5.41) is 12.5. The molecular weight excluding hydrogens is 424 g/mol. The van der Waals surface area contributed by atoms with Gasteiger partial charge < -0.3 is 15.2 Å². The van der Waals surface area contributed by atoms with E-state index in [-0.39, 0.29) is 35.1 Å². The zero-order chi connectivity index (χ0) is 22.9. The zero-order valence-electron chi connectivity index (χ0n) is 17.2. The number of anilines is 1. The number of fused-ring (bicyclic) bond motifs is 1. The Kier molecular flexibility index (Phi) is 6.03. The molecule has 0 bridgehead atoms. The number of nitrogens with zero attached hydrogens (tertiary/aromatic N) is 1. The number of nitrogens with one attached hydrogen (secondary N) is 1. The number of amides is 3. The molecule has 0 aromatic heterocycles. The molecule has 10 heteroatoms. The fraction of sp³-hybridized carbons (Fsp3) is 0.286. The first kappa shape index (κ1) is 22.3. The van der Waals surface area contributed by atoms with Gasteiger partial charge in [-0.2, -0.15) is 0 Å². The first-order valence-corrected chi connectivity index (χ1v) is 11.5. The highest BCUT2D eigenvalue weighted by atomic mass is 32.2. The topological polar surface area (TPSA) is 130 Å². The summed E-state index contributed by atoms with van der Waals surface area (Å²) in [6.45, 7) is 3.29. The lowest BCUT2D eigenvalue weighted by atomic mass is 10.1. The standard InChI is InChI=1S/C21H22N2O7S/c1-4-30-19-9-13(5-8-18(19)25)17(11-31(3,28)29)23-20(26)15-7-6-14(22-12(2)24)10-16(15)21(23)27/h5-10,17,25H,4,11H2,1-3H3,(H,22,24). The number of carbonyl (C=O) groups is 3. The number of benzene rings is 2. The second-order valence-electron chi connectivity index (χ2n) is 7.19. The van der Waals surface area contributed by atoms with Gasteiger partial charge in [-0.25, -0.2) is 8.42 Å². The van der Waals surface area contributed by atoms with E-state index in [0.29, 0.717) is 11.3 Å². The minimum absolute atomic E-state index is 0.0681. The number of phenolic OH excluding ortho intramolecular Hbond substituents is 1. The molecule has 0 saturated carbocycles. The molecule has 2 aromatic rings. The van der Waals surface area contributed by atoms with E-state index in [4.69, 9.17) is 4.74 Å². The number of hydrogen-bond acceptors (Lipinski definition) is 7. The minimum atomic E-state index is -3.61. The summed E-state index contributed by atoms with van der Waals surface area (Å²) in [7, 11) is -3.61. The molecule has 2 aromatic carbocycles. The number of imide groups is 1. The number of hydrogen-bond donors (Lipinski definition) is 2. The first-order valence-electron chi connectivity index (χ1n) is 9.44. The lowest BCUT2D eigenvalue weighted by Crippen LogP contribution is -2.37. The highest BCUT2D eigenvalue weighted by Gasteiger charge is 2.42. The summed E-state index contributed by atoms with van der Waals surface area (Å²) in [5.74, 6) is -2.20. The van der Waals surface area contributed by atoms with Crippen LogP contribution < -0.4 is 10.1 Å². The highest BCUT2D eigenvalue weighted by Crippen LogP contribution is 2.37. The highest BCUT2D eigenvalue weighted by molar-refractivity contribution is 7.90. The molecule has 1 heterocycles. The Morgan fingerprint density at radius 2 is 1.81 bits per heavy atom. The van der Waals surface area contributed by atoms with Crippen molar-refractivity contribution in [3.63, 3.8) is 0 Å². The Balaban J connectivity index is 2.08. The van der Waals surface area contributed by atoms with Crippen molar-refractivity contribution in [2.45, 2.75) is 19.9 Å². The van der Waals surface area contributed by atoms with Crippen LogP contribution in [0.5, 0.6) is 11.5 Å². The van der Waals surface area contributed by atoms with E-state index >= 15 is 0 Å². The quantitative estimate of drug-likeness (QED) is 0.623. The number of phenols is 1. The normalized spacial score (nSPS) is 14.4. The zero-order valence-corrected chi connectivity index (χ0v) is 18.0. The Morgan fingerprint density at radius 3 is 2.42 bits per heavy atom. The predicted octanol–water partition coefficient (Wildman–Crippen LogP) is 2.13. The van der Waals surface area contributed by atoms with Gasteiger partial charge in [-0.05, 0) is 42.8 Å². The number of rotatable bonds is 7. The van der Waals surface area contributed by atoms with Crippen molar-refractivity contribution < 1.29 is 32.6 Å². The van der Waals surface area contributed by atoms with Gasteiger partial charge in [0, 0.05) is 18.9 Å². The van der Waals surface area contributed by atoms with E-state index in [1.54, 1.807) is 6.92 Å². The minimum Gasteiger partial charge on any atom is -0.504 e. The first-order chi connectivity index (χ1) is 14.5. The van der Waals surface area contributed by atoms with Gasteiger partial charge in [0.05, 0.1) is 29.5 Å². The Labute approximate surface area is 179 Å². The van der Waals surface area contributed by atoms with Gasteiger partial charge in [-0.3, -0.25) is 19.3 Å². The van der Waals surface area contributed by atoms with Crippen LogP contribution in [0.3, 0.4) is 0 Å². The lowest BCUT2D eigenvalue weighted by molar-refractivity contribution is -0.114. The predicted molar refractivity (Wildman–Crippen MR) is 113 cm³/mol. The van der Waals surface area contributed by atoms with Crippen molar-refractivity contribution in [1.29, 1.82) is 0 Å². The van der Waals surface area contributed by atoms with E-state index in [2.05, 4.69) is 5.32 Å². The van der Waals surface area contributed by atoms with Crippen LogP contribution in [0.25, 0.3) is 0 Å². The Hall–Kier alpha value is -3.40. The van der Waals surface area contributed by atoms with Crippen LogP contribution in [-0.4, -0.2) is 54.8 Å². The van der Waals surface area contributed by atoms with Gasteiger partial charge >= 0.3 is 0 Å². The molecule has 2 N–H and O–H groups in total. The fourth-order valence-corrected chi connectivity index (χ4v) is 4.35. The number of aromatic hydroxyl groups is 1. The number of sulfone groups is 1. The summed E-state index contributed by atoms with van der Waals surface area (Å²) in [5.41, 5.74) is 0.848. The number of carbonyl (C=O) groups excluding carboxylic acids is 3. The van der Waals surface area contributed by atoms with Crippen molar-refractivity contribution in [1.82, 2.24) is 4.90 Å². The second-order valence-corrected chi connectivity index (χ2v) is 9.38. The third-order valence-electron chi connectivity index (χ3n) is 4.68. The van der Waals surface area contributed by atoms with Crippen molar-refractivity contribution >= 4 is 33.2 Å². The van der Waals surface area contributed by atoms with Crippen LogP contribution in [0.2, 0.25) is 0 Å². The van der Waals surface area contributed by atoms with Crippen LogP contribution >= 0.6 is 0 Å². The molecule has 3 rings (SSSR count). The Bertz CT molecular complexity index is 1170. The Morgan fingerprint density at radius 1 is 1.13 bits per heavy atom. The SMILES string of the molecule is CCOc1cc(C(CS(C)(=O)=O)N2C(=O)c3ccc(NC(C)=O)cc3C2=O)ccc1O. The van der Waals surface area contributed by atoms with Crippen LogP contribution in [0.1, 0.15) is 46.2 Å². The number of ether oxygens (including phenoxy) is 1. The van der Waals surface area contributed by atoms with Crippen LogP contribution in [0, 0.1) is 0 Å². The third-order valence-corrected chi connectivity index (χ3v) is 5.60. The molecule has 0 aliphatic carbocycles. The van der Waals surface area contributed by atoms with Gasteiger partial charge in [-0.15, -0.1) is 0 Å². The maximum atomic E-state index is 13.1. The maximum absolute atomic E-state index is 13.1. The van der Waals surface area contributed by atoms with Crippen LogP contribution in [0.15, 0.2) is 36.4 Å². The maximum Gasteiger partial charge on any atom is 0.262 e. The molecule has 1 atom stereocenters. The summed E-state index contributed by atoms with van der Waals surface area (Å²) in [6, 6.07) is 7.35. The van der Waals surface area contributed by atoms with Gasteiger partial charge in [0.15, 0.2) is 11.5 Å². The average Bonchev–Trinajstić information content (AvgIpc) is 2.91. The molecule has 31 heavy (non-hydrogen) atoms. The lowest BCUT2D eigenvalue weighted by Gasteiger charge is -2.26. The fourth-order valence-electron chi connectivity index (χ4n) is 3.44. The van der Waals surface area contributed by atoms with Gasteiger partial charge in [0.1, 0.15) is 9.84 Å². The van der Waals surface area contributed by atoms with Crippen molar-refractivity contribution in [3.8, 4) is 11.5 Å².